The monoisotopic (exact) mass is 418 g/mol. The number of alkyl halides is 2. The molecule has 160 valence electrons. The van der Waals surface area contributed by atoms with Gasteiger partial charge in [-0.05, 0) is 56.4 Å². The fourth-order valence-electron chi connectivity index (χ4n) is 3.08. The normalized spacial score (nSPS) is 14.3. The maximum Gasteiger partial charge on any atom is 0.272 e. The van der Waals surface area contributed by atoms with Crippen LogP contribution in [0.4, 0.5) is 14.6 Å². The molecule has 3 rings (SSSR count). The van der Waals surface area contributed by atoms with Crippen molar-refractivity contribution in [2.45, 2.75) is 52.0 Å². The van der Waals surface area contributed by atoms with Crippen LogP contribution in [0.3, 0.4) is 0 Å². The third-order valence-electron chi connectivity index (χ3n) is 4.63. The first kappa shape index (κ1) is 21.6. The molecule has 0 radical (unpaired) electrons. The van der Waals surface area contributed by atoms with E-state index in [1.54, 1.807) is 13.0 Å². The van der Waals surface area contributed by atoms with E-state index >= 15 is 0 Å². The third kappa shape index (κ3) is 5.71. The molecule has 7 nitrogen and oxygen atoms in total. The van der Waals surface area contributed by atoms with Gasteiger partial charge in [-0.15, -0.1) is 0 Å². The molecule has 1 saturated carbocycles. The van der Waals surface area contributed by atoms with Crippen molar-refractivity contribution in [1.82, 2.24) is 15.3 Å². The molecular weight excluding hydrogens is 394 g/mol. The Hall–Kier alpha value is -3.10. The number of carbonyl (C=O) groups is 2. The summed E-state index contributed by atoms with van der Waals surface area (Å²) in [6.07, 6.45) is 0.874. The molecule has 2 N–H and O–H groups in total. The molecule has 1 aliphatic carbocycles. The lowest BCUT2D eigenvalue weighted by Gasteiger charge is -2.17. The molecule has 2 heterocycles. The van der Waals surface area contributed by atoms with Gasteiger partial charge in [-0.1, -0.05) is 0 Å². The fourth-order valence-corrected chi connectivity index (χ4v) is 3.08. The molecule has 0 saturated heterocycles. The van der Waals surface area contributed by atoms with Gasteiger partial charge in [0.05, 0.1) is 6.04 Å². The van der Waals surface area contributed by atoms with Gasteiger partial charge >= 0.3 is 0 Å². The minimum atomic E-state index is -2.57. The van der Waals surface area contributed by atoms with Crippen LogP contribution in [0.5, 0.6) is 5.88 Å². The summed E-state index contributed by atoms with van der Waals surface area (Å²) in [6.45, 7) is 4.21. The molecule has 0 aromatic carbocycles. The van der Waals surface area contributed by atoms with E-state index in [1.165, 1.54) is 19.2 Å². The predicted octanol–water partition coefficient (Wildman–Crippen LogP) is 3.76. The Morgan fingerprint density at radius 3 is 2.63 bits per heavy atom. The van der Waals surface area contributed by atoms with E-state index in [0.29, 0.717) is 17.1 Å². The van der Waals surface area contributed by atoms with Crippen LogP contribution in [-0.4, -0.2) is 34.8 Å². The fraction of sp³-hybridized carbons (Fsp3) is 0.429. The molecule has 9 heteroatoms. The molecule has 0 aliphatic heterocycles. The van der Waals surface area contributed by atoms with E-state index < -0.39 is 13.0 Å². The van der Waals surface area contributed by atoms with Crippen LogP contribution in [0, 0.1) is 6.92 Å². The standard InChI is InChI=1S/C21H24F2N4O3/c1-11-6-15(8-19(25-11)27-13(3)28)20(29)26-12(2)16-7-17(14-4-5-14)21(24-9-16)30-10-18(22)23/h6-9,12,14,18H,4-5,10H2,1-3H3,(H,26,29)(H,25,27,28). The number of amides is 2. The van der Waals surface area contributed by atoms with Crippen LogP contribution in [0.15, 0.2) is 24.4 Å². The average Bonchev–Trinajstić information content (AvgIpc) is 3.50. The van der Waals surface area contributed by atoms with E-state index in [4.69, 9.17) is 4.74 Å². The van der Waals surface area contributed by atoms with Gasteiger partial charge in [0.2, 0.25) is 11.8 Å². The zero-order valence-corrected chi connectivity index (χ0v) is 17.0. The average molecular weight is 418 g/mol. The van der Waals surface area contributed by atoms with Gasteiger partial charge in [-0.3, -0.25) is 9.59 Å². The number of pyridine rings is 2. The van der Waals surface area contributed by atoms with Gasteiger partial charge in [-0.2, -0.15) is 0 Å². The van der Waals surface area contributed by atoms with Gasteiger partial charge in [0.15, 0.2) is 6.61 Å². The molecular formula is C21H24F2N4O3. The maximum absolute atomic E-state index is 12.7. The minimum absolute atomic E-state index is 0.227. The van der Waals surface area contributed by atoms with Crippen molar-refractivity contribution in [1.29, 1.82) is 0 Å². The Morgan fingerprint density at radius 1 is 1.27 bits per heavy atom. The number of halogens is 2. The Labute approximate surface area is 173 Å². The Balaban J connectivity index is 1.74. The van der Waals surface area contributed by atoms with Crippen molar-refractivity contribution >= 4 is 17.6 Å². The highest BCUT2D eigenvalue weighted by atomic mass is 19.3. The number of hydrogen-bond donors (Lipinski definition) is 2. The Kier molecular flexibility index (Phi) is 6.59. The second-order valence-corrected chi connectivity index (χ2v) is 7.40. The molecule has 1 fully saturated rings. The number of nitrogens with zero attached hydrogens (tertiary/aromatic N) is 2. The Morgan fingerprint density at radius 2 is 2.00 bits per heavy atom. The smallest absolute Gasteiger partial charge is 0.272 e. The first-order valence-electron chi connectivity index (χ1n) is 9.71. The molecule has 0 bridgehead atoms. The molecule has 1 atom stereocenters. The van der Waals surface area contributed by atoms with Crippen molar-refractivity contribution in [2.24, 2.45) is 0 Å². The van der Waals surface area contributed by atoms with E-state index in [0.717, 1.165) is 24.0 Å². The van der Waals surface area contributed by atoms with Gasteiger partial charge in [0.25, 0.3) is 12.3 Å². The zero-order chi connectivity index (χ0) is 21.8. The number of ether oxygens (including phenoxy) is 1. The van der Waals surface area contributed by atoms with Crippen LogP contribution in [0.2, 0.25) is 0 Å². The molecule has 1 unspecified atom stereocenters. The summed E-state index contributed by atoms with van der Waals surface area (Å²) >= 11 is 0. The summed E-state index contributed by atoms with van der Waals surface area (Å²) in [4.78, 5) is 32.4. The molecule has 0 spiro atoms. The summed E-state index contributed by atoms with van der Waals surface area (Å²) < 4.78 is 30.1. The zero-order valence-electron chi connectivity index (χ0n) is 17.0. The van der Waals surface area contributed by atoms with Crippen LogP contribution < -0.4 is 15.4 Å². The highest BCUT2D eigenvalue weighted by molar-refractivity contribution is 5.96. The van der Waals surface area contributed by atoms with E-state index in [1.807, 2.05) is 13.0 Å². The minimum Gasteiger partial charge on any atom is -0.471 e. The largest absolute Gasteiger partial charge is 0.471 e. The molecule has 2 amide bonds. The lowest BCUT2D eigenvalue weighted by atomic mass is 10.1. The van der Waals surface area contributed by atoms with Gasteiger partial charge in [0.1, 0.15) is 5.82 Å². The van der Waals surface area contributed by atoms with Crippen LogP contribution in [-0.2, 0) is 4.79 Å². The van der Waals surface area contributed by atoms with E-state index in [9.17, 15) is 18.4 Å². The van der Waals surface area contributed by atoms with E-state index in [-0.39, 0.29) is 29.7 Å². The summed E-state index contributed by atoms with van der Waals surface area (Å²) in [7, 11) is 0. The second kappa shape index (κ2) is 9.15. The number of anilines is 1. The number of carbonyl (C=O) groups excluding carboxylic acids is 2. The molecule has 2 aromatic heterocycles. The summed E-state index contributed by atoms with van der Waals surface area (Å²) in [5.74, 6) is 0.172. The Bertz CT molecular complexity index is 948. The first-order chi connectivity index (χ1) is 14.2. The van der Waals surface area contributed by atoms with Crippen LogP contribution in [0.25, 0.3) is 0 Å². The number of hydrogen-bond acceptors (Lipinski definition) is 5. The summed E-state index contributed by atoms with van der Waals surface area (Å²) in [5.41, 5.74) is 2.51. The number of nitrogens with one attached hydrogen (secondary N) is 2. The number of aryl methyl sites for hydroxylation is 1. The lowest BCUT2D eigenvalue weighted by Crippen LogP contribution is -2.27. The van der Waals surface area contributed by atoms with Gasteiger partial charge in [-0.25, -0.2) is 18.7 Å². The van der Waals surface area contributed by atoms with Crippen molar-refractivity contribution < 1.29 is 23.1 Å². The predicted molar refractivity (Wildman–Crippen MR) is 107 cm³/mol. The van der Waals surface area contributed by atoms with Crippen molar-refractivity contribution in [3.63, 3.8) is 0 Å². The van der Waals surface area contributed by atoms with Crippen LogP contribution in [0.1, 0.15) is 65.8 Å². The van der Waals surface area contributed by atoms with Crippen molar-refractivity contribution in [2.75, 3.05) is 11.9 Å². The number of rotatable bonds is 8. The second-order valence-electron chi connectivity index (χ2n) is 7.40. The number of aromatic nitrogens is 2. The molecule has 30 heavy (non-hydrogen) atoms. The van der Waals surface area contributed by atoms with Crippen molar-refractivity contribution in [3.8, 4) is 5.88 Å². The quantitative estimate of drug-likeness (QED) is 0.681. The van der Waals surface area contributed by atoms with Gasteiger partial charge in [0, 0.05) is 29.9 Å². The lowest BCUT2D eigenvalue weighted by molar-refractivity contribution is -0.114. The SMILES string of the molecule is CC(=O)Nc1cc(C(=O)NC(C)c2cnc(OCC(F)F)c(C3CC3)c2)cc(C)n1. The maximum atomic E-state index is 12.7. The summed E-state index contributed by atoms with van der Waals surface area (Å²) in [5, 5.41) is 5.47. The van der Waals surface area contributed by atoms with E-state index in [2.05, 4.69) is 20.6 Å². The molecule has 1 aliphatic rings. The topological polar surface area (TPSA) is 93.2 Å². The summed E-state index contributed by atoms with van der Waals surface area (Å²) in [6, 6.07) is 4.62. The molecule has 2 aromatic rings. The van der Waals surface area contributed by atoms with Gasteiger partial charge < -0.3 is 15.4 Å². The van der Waals surface area contributed by atoms with Crippen LogP contribution >= 0.6 is 0 Å². The highest BCUT2D eigenvalue weighted by Crippen LogP contribution is 2.44. The van der Waals surface area contributed by atoms with Crippen molar-refractivity contribution in [3.05, 3.63) is 46.8 Å². The third-order valence-corrected chi connectivity index (χ3v) is 4.63. The first-order valence-corrected chi connectivity index (χ1v) is 9.71. The highest BCUT2D eigenvalue weighted by Gasteiger charge is 2.29.